The highest BCUT2D eigenvalue weighted by Crippen LogP contribution is 2.25. The van der Waals surface area contributed by atoms with Crippen LogP contribution in [0.3, 0.4) is 0 Å². The molecule has 22 heavy (non-hydrogen) atoms. The minimum absolute atomic E-state index is 0.0185. The first-order valence-electron chi connectivity index (χ1n) is 7.58. The third-order valence-corrected chi connectivity index (χ3v) is 3.32. The van der Waals surface area contributed by atoms with Crippen LogP contribution in [0.5, 0.6) is 0 Å². The normalized spacial score (nSPS) is 12.1. The molecule has 1 aromatic rings. The Bertz CT molecular complexity index is 563. The van der Waals surface area contributed by atoms with Gasteiger partial charge in [-0.25, -0.2) is 0 Å². The maximum absolute atomic E-state index is 12.5. The lowest BCUT2D eigenvalue weighted by Gasteiger charge is -2.24. The van der Waals surface area contributed by atoms with Crippen molar-refractivity contribution in [1.29, 1.82) is 0 Å². The van der Waals surface area contributed by atoms with Crippen molar-refractivity contribution in [3.05, 3.63) is 34.9 Å². The lowest BCUT2D eigenvalue weighted by atomic mass is 9.84. The highest BCUT2D eigenvalue weighted by Gasteiger charge is 2.21. The number of aryl methyl sites for hydroxylation is 1. The van der Waals surface area contributed by atoms with Crippen molar-refractivity contribution in [2.45, 2.75) is 65.3 Å². The largest absolute Gasteiger partial charge is 0.481 e. The molecular formula is C18H27NO3. The molecule has 0 bridgehead atoms. The first-order chi connectivity index (χ1) is 9.90. The summed E-state index contributed by atoms with van der Waals surface area (Å²) in [5.74, 6) is -1.01. The second-order valence-electron chi connectivity index (χ2n) is 7.72. The van der Waals surface area contributed by atoms with Crippen LogP contribution >= 0.6 is 0 Å². The summed E-state index contributed by atoms with van der Waals surface area (Å²) in [6.45, 7) is 12.0. The summed E-state index contributed by atoms with van der Waals surface area (Å²) in [5, 5.41) is 11.8. The quantitative estimate of drug-likeness (QED) is 0.894. The number of rotatable bonds is 4. The predicted octanol–water partition coefficient (Wildman–Crippen LogP) is 3.53. The van der Waals surface area contributed by atoms with Crippen LogP contribution in [0.25, 0.3) is 0 Å². The van der Waals surface area contributed by atoms with E-state index in [2.05, 4.69) is 26.1 Å². The van der Waals surface area contributed by atoms with Gasteiger partial charge in [-0.1, -0.05) is 32.9 Å². The van der Waals surface area contributed by atoms with Gasteiger partial charge in [-0.3, -0.25) is 9.59 Å². The summed E-state index contributed by atoms with van der Waals surface area (Å²) in [6.07, 6.45) is 0.372. The van der Waals surface area contributed by atoms with E-state index in [9.17, 15) is 9.59 Å². The van der Waals surface area contributed by atoms with E-state index in [1.54, 1.807) is 0 Å². The van der Waals surface area contributed by atoms with Gasteiger partial charge < -0.3 is 10.4 Å². The molecule has 0 unspecified atom stereocenters. The number of hydrogen-bond donors (Lipinski definition) is 2. The molecule has 4 heteroatoms. The summed E-state index contributed by atoms with van der Waals surface area (Å²) in [5.41, 5.74) is 2.01. The topological polar surface area (TPSA) is 66.4 Å². The zero-order valence-electron chi connectivity index (χ0n) is 14.4. The van der Waals surface area contributed by atoms with E-state index in [0.29, 0.717) is 12.0 Å². The molecule has 1 rings (SSSR count). The van der Waals surface area contributed by atoms with Gasteiger partial charge in [0.25, 0.3) is 5.91 Å². The monoisotopic (exact) mass is 305 g/mol. The summed E-state index contributed by atoms with van der Waals surface area (Å²) >= 11 is 0. The first kappa shape index (κ1) is 18.2. The zero-order chi connectivity index (χ0) is 17.1. The predicted molar refractivity (Wildman–Crippen MR) is 88.3 cm³/mol. The highest BCUT2D eigenvalue weighted by molar-refractivity contribution is 5.96. The van der Waals surface area contributed by atoms with Gasteiger partial charge in [-0.05, 0) is 49.8 Å². The number of benzene rings is 1. The Morgan fingerprint density at radius 2 is 1.68 bits per heavy atom. The molecule has 0 spiro atoms. The molecule has 0 heterocycles. The maximum atomic E-state index is 12.5. The molecule has 122 valence electrons. The SMILES string of the molecule is CC(C)(C)NC(=O)c1cc(C(C)(C)C)ccc1CCC(=O)O. The third kappa shape index (κ3) is 5.51. The van der Waals surface area contributed by atoms with Crippen LogP contribution in [-0.4, -0.2) is 22.5 Å². The molecule has 0 aliphatic carbocycles. The number of carbonyl (C=O) groups is 2. The van der Waals surface area contributed by atoms with Gasteiger partial charge >= 0.3 is 5.97 Å². The van der Waals surface area contributed by atoms with Crippen molar-refractivity contribution in [2.75, 3.05) is 0 Å². The molecule has 1 aromatic carbocycles. The van der Waals surface area contributed by atoms with Gasteiger partial charge in [-0.15, -0.1) is 0 Å². The molecule has 0 saturated heterocycles. The Labute approximate surface area is 132 Å². The molecule has 0 aliphatic rings. The molecule has 0 radical (unpaired) electrons. The lowest BCUT2D eigenvalue weighted by Crippen LogP contribution is -2.41. The molecule has 0 aromatic heterocycles. The average Bonchev–Trinajstić information content (AvgIpc) is 2.32. The van der Waals surface area contributed by atoms with Crippen molar-refractivity contribution in [3.8, 4) is 0 Å². The van der Waals surface area contributed by atoms with Gasteiger partial charge in [0, 0.05) is 17.5 Å². The summed E-state index contributed by atoms with van der Waals surface area (Å²) < 4.78 is 0. The van der Waals surface area contributed by atoms with Gasteiger partial charge in [0.2, 0.25) is 0 Å². The minimum atomic E-state index is -0.859. The van der Waals surface area contributed by atoms with Crippen molar-refractivity contribution >= 4 is 11.9 Å². The Kier molecular flexibility index (Phi) is 5.39. The Morgan fingerprint density at radius 1 is 1.09 bits per heavy atom. The van der Waals surface area contributed by atoms with Gasteiger partial charge in [0.05, 0.1) is 0 Å². The minimum Gasteiger partial charge on any atom is -0.481 e. The van der Waals surface area contributed by atoms with E-state index >= 15 is 0 Å². The molecule has 0 saturated carbocycles. The average molecular weight is 305 g/mol. The molecule has 2 N–H and O–H groups in total. The standard InChI is InChI=1S/C18H27NO3/c1-17(2,3)13-9-7-12(8-10-15(20)21)14(11-13)16(22)19-18(4,5)6/h7,9,11H,8,10H2,1-6H3,(H,19,22)(H,20,21). The Hall–Kier alpha value is -1.84. The van der Waals surface area contributed by atoms with Crippen LogP contribution in [0.4, 0.5) is 0 Å². The number of nitrogens with one attached hydrogen (secondary N) is 1. The second kappa shape index (κ2) is 6.51. The third-order valence-electron chi connectivity index (χ3n) is 3.32. The molecule has 0 fully saturated rings. The van der Waals surface area contributed by atoms with Crippen LogP contribution in [0.1, 0.15) is 69.4 Å². The summed E-state index contributed by atoms with van der Waals surface area (Å²) in [7, 11) is 0. The van der Waals surface area contributed by atoms with E-state index in [-0.39, 0.29) is 23.3 Å². The van der Waals surface area contributed by atoms with Crippen molar-refractivity contribution in [1.82, 2.24) is 5.32 Å². The summed E-state index contributed by atoms with van der Waals surface area (Å²) in [6, 6.07) is 5.74. The van der Waals surface area contributed by atoms with E-state index in [1.807, 2.05) is 39.0 Å². The van der Waals surface area contributed by atoms with Crippen molar-refractivity contribution in [2.24, 2.45) is 0 Å². The number of hydrogen-bond acceptors (Lipinski definition) is 2. The van der Waals surface area contributed by atoms with Crippen molar-refractivity contribution in [3.63, 3.8) is 0 Å². The number of amides is 1. The fourth-order valence-electron chi connectivity index (χ4n) is 2.12. The van der Waals surface area contributed by atoms with Gasteiger partial charge in [-0.2, -0.15) is 0 Å². The van der Waals surface area contributed by atoms with Crippen LogP contribution in [-0.2, 0) is 16.6 Å². The van der Waals surface area contributed by atoms with Crippen molar-refractivity contribution < 1.29 is 14.7 Å². The maximum Gasteiger partial charge on any atom is 0.303 e. The number of aliphatic carboxylic acids is 1. The molecule has 4 nitrogen and oxygen atoms in total. The van der Waals surface area contributed by atoms with Crippen LogP contribution in [0.2, 0.25) is 0 Å². The van der Waals surface area contributed by atoms with Crippen LogP contribution in [0, 0.1) is 0 Å². The second-order valence-corrected chi connectivity index (χ2v) is 7.72. The van der Waals surface area contributed by atoms with E-state index in [4.69, 9.17) is 5.11 Å². The fourth-order valence-corrected chi connectivity index (χ4v) is 2.12. The summed E-state index contributed by atoms with van der Waals surface area (Å²) in [4.78, 5) is 23.4. The Morgan fingerprint density at radius 3 is 2.14 bits per heavy atom. The first-order valence-corrected chi connectivity index (χ1v) is 7.58. The smallest absolute Gasteiger partial charge is 0.303 e. The van der Waals surface area contributed by atoms with Gasteiger partial charge in [0.15, 0.2) is 0 Å². The lowest BCUT2D eigenvalue weighted by molar-refractivity contribution is -0.136. The van der Waals surface area contributed by atoms with E-state index < -0.39 is 5.97 Å². The zero-order valence-corrected chi connectivity index (χ0v) is 14.4. The van der Waals surface area contributed by atoms with Crippen LogP contribution in [0.15, 0.2) is 18.2 Å². The van der Waals surface area contributed by atoms with Gasteiger partial charge in [0.1, 0.15) is 0 Å². The number of carboxylic acids is 1. The van der Waals surface area contributed by atoms with E-state index in [0.717, 1.165) is 11.1 Å². The number of carbonyl (C=O) groups excluding carboxylic acids is 1. The molecule has 0 atom stereocenters. The fraction of sp³-hybridized carbons (Fsp3) is 0.556. The highest BCUT2D eigenvalue weighted by atomic mass is 16.4. The molecule has 0 aliphatic heterocycles. The molecule has 1 amide bonds. The van der Waals surface area contributed by atoms with Crippen LogP contribution < -0.4 is 5.32 Å². The van der Waals surface area contributed by atoms with E-state index in [1.165, 1.54) is 0 Å². The number of carboxylic acid groups (broad SMARTS) is 1. The molecular weight excluding hydrogens is 278 g/mol. The Balaban J connectivity index is 3.21.